The summed E-state index contributed by atoms with van der Waals surface area (Å²) in [6.07, 6.45) is 2.34. The minimum Gasteiger partial charge on any atom is -0.457 e. The van der Waals surface area contributed by atoms with E-state index in [4.69, 9.17) is 4.74 Å². The monoisotopic (exact) mass is 255 g/mol. The molecule has 4 nitrogen and oxygen atoms in total. The molecular formula is C15H13NO3. The molecule has 0 N–H and O–H groups in total. The van der Waals surface area contributed by atoms with Crippen LogP contribution >= 0.6 is 0 Å². The molecule has 0 unspecified atom stereocenters. The van der Waals surface area contributed by atoms with Crippen LogP contribution in [-0.2, 0) is 0 Å². The van der Waals surface area contributed by atoms with Crippen molar-refractivity contribution in [2.75, 3.05) is 0 Å². The molecule has 96 valence electrons. The maximum Gasteiger partial charge on any atom is 0.235 e. The Kier molecular flexibility index (Phi) is 3.93. The van der Waals surface area contributed by atoms with Gasteiger partial charge < -0.3 is 4.74 Å². The first-order valence-corrected chi connectivity index (χ1v) is 5.80. The summed E-state index contributed by atoms with van der Waals surface area (Å²) in [4.78, 5) is 9.78. The number of benzene rings is 2. The van der Waals surface area contributed by atoms with Crippen molar-refractivity contribution >= 4 is 6.08 Å². The van der Waals surface area contributed by atoms with E-state index in [1.165, 1.54) is 6.08 Å². The van der Waals surface area contributed by atoms with Gasteiger partial charge in [0.15, 0.2) is 0 Å². The predicted octanol–water partition coefficient (Wildman–Crippen LogP) is 4.03. The van der Waals surface area contributed by atoms with E-state index in [1.807, 2.05) is 37.3 Å². The summed E-state index contributed by atoms with van der Waals surface area (Å²) < 4.78 is 5.68. The summed E-state index contributed by atoms with van der Waals surface area (Å²) in [6, 6.07) is 14.8. The summed E-state index contributed by atoms with van der Waals surface area (Å²) in [5.74, 6) is 1.38. The van der Waals surface area contributed by atoms with Crippen LogP contribution in [0.25, 0.3) is 6.08 Å². The summed E-state index contributed by atoms with van der Waals surface area (Å²) in [6.45, 7) is 2.01. The average Bonchev–Trinajstić information content (AvgIpc) is 2.40. The van der Waals surface area contributed by atoms with Crippen LogP contribution in [0.15, 0.2) is 54.7 Å². The summed E-state index contributed by atoms with van der Waals surface area (Å²) in [7, 11) is 0. The van der Waals surface area contributed by atoms with Crippen molar-refractivity contribution in [3.8, 4) is 11.5 Å². The number of ether oxygens (including phenoxy) is 1. The Labute approximate surface area is 111 Å². The fraction of sp³-hybridized carbons (Fsp3) is 0.0667. The van der Waals surface area contributed by atoms with Crippen LogP contribution in [0.5, 0.6) is 11.5 Å². The zero-order valence-corrected chi connectivity index (χ0v) is 10.4. The van der Waals surface area contributed by atoms with Gasteiger partial charge in [-0.1, -0.05) is 29.8 Å². The smallest absolute Gasteiger partial charge is 0.235 e. The molecule has 19 heavy (non-hydrogen) atoms. The highest BCUT2D eigenvalue weighted by Crippen LogP contribution is 2.22. The van der Waals surface area contributed by atoms with Gasteiger partial charge in [-0.2, -0.15) is 0 Å². The lowest BCUT2D eigenvalue weighted by Crippen LogP contribution is -1.86. The maximum absolute atomic E-state index is 10.3. The average molecular weight is 255 g/mol. The van der Waals surface area contributed by atoms with Gasteiger partial charge in [-0.15, -0.1) is 0 Å². The van der Waals surface area contributed by atoms with Gasteiger partial charge >= 0.3 is 0 Å². The molecule has 2 rings (SSSR count). The molecular weight excluding hydrogens is 242 g/mol. The molecule has 0 aliphatic rings. The van der Waals surface area contributed by atoms with E-state index < -0.39 is 4.92 Å². The zero-order chi connectivity index (χ0) is 13.7. The van der Waals surface area contributed by atoms with Gasteiger partial charge in [0.2, 0.25) is 6.20 Å². The SMILES string of the molecule is Cc1ccc(Oc2cccc(/C=C\[N+](=O)[O-])c2)cc1. The van der Waals surface area contributed by atoms with E-state index in [1.54, 1.807) is 18.2 Å². The lowest BCUT2D eigenvalue weighted by atomic mass is 10.2. The third-order valence-corrected chi connectivity index (χ3v) is 2.50. The lowest BCUT2D eigenvalue weighted by Gasteiger charge is -2.06. The highest BCUT2D eigenvalue weighted by atomic mass is 16.6. The van der Waals surface area contributed by atoms with E-state index in [0.29, 0.717) is 5.75 Å². The van der Waals surface area contributed by atoms with Gasteiger partial charge in [0, 0.05) is 6.08 Å². The van der Waals surface area contributed by atoms with Crippen LogP contribution in [0, 0.1) is 17.0 Å². The summed E-state index contributed by atoms with van der Waals surface area (Å²) in [5.41, 5.74) is 1.89. The van der Waals surface area contributed by atoms with Crippen molar-refractivity contribution in [1.29, 1.82) is 0 Å². The van der Waals surface area contributed by atoms with Crippen LogP contribution in [0.4, 0.5) is 0 Å². The Balaban J connectivity index is 2.15. The van der Waals surface area contributed by atoms with Gasteiger partial charge in [-0.25, -0.2) is 0 Å². The van der Waals surface area contributed by atoms with E-state index in [9.17, 15) is 10.1 Å². The molecule has 0 heterocycles. The summed E-state index contributed by atoms with van der Waals surface area (Å²) >= 11 is 0. The molecule has 0 spiro atoms. The van der Waals surface area contributed by atoms with Gasteiger partial charge in [-0.3, -0.25) is 10.1 Å². The summed E-state index contributed by atoms with van der Waals surface area (Å²) in [5, 5.41) is 10.3. The Bertz CT molecular complexity index is 603. The molecule has 0 radical (unpaired) electrons. The second kappa shape index (κ2) is 5.82. The van der Waals surface area contributed by atoms with Crippen molar-refractivity contribution in [2.45, 2.75) is 6.92 Å². The van der Waals surface area contributed by atoms with E-state index in [2.05, 4.69) is 0 Å². The fourth-order valence-electron chi connectivity index (χ4n) is 1.57. The number of rotatable bonds is 4. The molecule has 4 heteroatoms. The first-order valence-electron chi connectivity index (χ1n) is 5.80. The number of hydrogen-bond acceptors (Lipinski definition) is 3. The lowest BCUT2D eigenvalue weighted by molar-refractivity contribution is -0.400. The highest BCUT2D eigenvalue weighted by molar-refractivity contribution is 5.51. The van der Waals surface area contributed by atoms with Gasteiger partial charge in [0.25, 0.3) is 0 Å². The molecule has 0 fully saturated rings. The number of nitro groups is 1. The van der Waals surface area contributed by atoms with Crippen LogP contribution in [0.1, 0.15) is 11.1 Å². The maximum atomic E-state index is 10.3. The van der Waals surface area contributed by atoms with Crippen molar-refractivity contribution in [3.05, 3.63) is 76.0 Å². The Morgan fingerprint density at radius 1 is 1.11 bits per heavy atom. The minimum absolute atomic E-state index is 0.493. The third kappa shape index (κ3) is 3.96. The molecule has 0 aromatic heterocycles. The van der Waals surface area contributed by atoms with E-state index >= 15 is 0 Å². The minimum atomic E-state index is -0.493. The van der Waals surface area contributed by atoms with E-state index in [-0.39, 0.29) is 0 Å². The van der Waals surface area contributed by atoms with Crippen molar-refractivity contribution in [3.63, 3.8) is 0 Å². The molecule has 0 saturated carbocycles. The van der Waals surface area contributed by atoms with Crippen molar-refractivity contribution in [2.24, 2.45) is 0 Å². The van der Waals surface area contributed by atoms with Gasteiger partial charge in [-0.05, 0) is 36.8 Å². The molecule has 0 bridgehead atoms. The molecule has 0 atom stereocenters. The molecule has 0 amide bonds. The van der Waals surface area contributed by atoms with Crippen molar-refractivity contribution < 1.29 is 9.66 Å². The Hall–Kier alpha value is -2.62. The van der Waals surface area contributed by atoms with Gasteiger partial charge in [0.1, 0.15) is 11.5 Å². The Morgan fingerprint density at radius 3 is 2.53 bits per heavy atom. The largest absolute Gasteiger partial charge is 0.457 e. The molecule has 2 aromatic rings. The van der Waals surface area contributed by atoms with Crippen LogP contribution in [-0.4, -0.2) is 4.92 Å². The zero-order valence-electron chi connectivity index (χ0n) is 10.4. The van der Waals surface area contributed by atoms with Crippen LogP contribution in [0.2, 0.25) is 0 Å². The molecule has 2 aromatic carbocycles. The molecule has 0 aliphatic heterocycles. The second-order valence-corrected chi connectivity index (χ2v) is 4.09. The quantitative estimate of drug-likeness (QED) is 0.612. The fourth-order valence-corrected chi connectivity index (χ4v) is 1.57. The van der Waals surface area contributed by atoms with Gasteiger partial charge in [0.05, 0.1) is 4.92 Å². The van der Waals surface area contributed by atoms with Crippen molar-refractivity contribution in [1.82, 2.24) is 0 Å². The number of nitrogens with zero attached hydrogens (tertiary/aromatic N) is 1. The highest BCUT2D eigenvalue weighted by Gasteiger charge is 1.98. The first-order chi connectivity index (χ1) is 9.13. The molecule has 0 aliphatic carbocycles. The third-order valence-electron chi connectivity index (χ3n) is 2.50. The normalized spacial score (nSPS) is 10.6. The topological polar surface area (TPSA) is 52.4 Å². The number of hydrogen-bond donors (Lipinski definition) is 0. The predicted molar refractivity (Wildman–Crippen MR) is 73.7 cm³/mol. The standard InChI is InChI=1S/C15H13NO3/c1-12-5-7-14(8-6-12)19-15-4-2-3-13(11-15)9-10-16(17)18/h2-11H,1H3/b10-9-. The van der Waals surface area contributed by atoms with E-state index in [0.717, 1.165) is 23.1 Å². The Morgan fingerprint density at radius 2 is 1.84 bits per heavy atom. The van der Waals surface area contributed by atoms with Crippen LogP contribution < -0.4 is 4.74 Å². The van der Waals surface area contributed by atoms with Crippen LogP contribution in [0.3, 0.4) is 0 Å². The number of aryl methyl sites for hydroxylation is 1. The molecule has 0 saturated heterocycles. The second-order valence-electron chi connectivity index (χ2n) is 4.09. The first kappa shape index (κ1) is 12.8.